The molecule has 3 heteroatoms. The summed E-state index contributed by atoms with van der Waals surface area (Å²) in [5, 5.41) is 2.60. The molecule has 0 aromatic rings. The van der Waals surface area contributed by atoms with Gasteiger partial charge in [0.05, 0.1) is 5.54 Å². The molecule has 4 saturated carbocycles. The summed E-state index contributed by atoms with van der Waals surface area (Å²) < 4.78 is 0. The molecule has 0 aromatic heterocycles. The van der Waals surface area contributed by atoms with Crippen LogP contribution >= 0.6 is 0 Å². The fourth-order valence-corrected chi connectivity index (χ4v) is 6.47. The van der Waals surface area contributed by atoms with Gasteiger partial charge >= 0.3 is 0 Å². The van der Waals surface area contributed by atoms with E-state index in [1.807, 2.05) is 0 Å². The predicted octanol–water partition coefficient (Wildman–Crippen LogP) is 2.91. The molecule has 5 rings (SSSR count). The van der Waals surface area contributed by atoms with Crippen molar-refractivity contribution in [2.24, 2.45) is 29.4 Å². The first-order valence-corrected chi connectivity index (χ1v) is 9.38. The topological polar surface area (TPSA) is 41.3 Å². The first-order valence-electron chi connectivity index (χ1n) is 9.38. The van der Waals surface area contributed by atoms with Gasteiger partial charge in [-0.05, 0) is 82.5 Å². The minimum atomic E-state index is 0.216. The molecule has 3 nitrogen and oxygen atoms in total. The van der Waals surface area contributed by atoms with E-state index in [1.54, 1.807) is 0 Å². The van der Waals surface area contributed by atoms with Crippen LogP contribution in [0.4, 0.5) is 0 Å². The van der Waals surface area contributed by atoms with Crippen LogP contribution in [0.5, 0.6) is 0 Å². The summed E-state index contributed by atoms with van der Waals surface area (Å²) in [7, 11) is 0. The Balaban J connectivity index is 1.58. The summed E-state index contributed by atoms with van der Waals surface area (Å²) in [6, 6.07) is 1.32. The van der Waals surface area contributed by atoms with Gasteiger partial charge in [0.2, 0.25) is 0 Å². The maximum atomic E-state index is 6.41. The molecule has 1 aliphatic heterocycles. The smallest absolute Gasteiger partial charge is 0.0504 e. The molecule has 0 amide bonds. The van der Waals surface area contributed by atoms with E-state index in [2.05, 4.69) is 24.3 Å². The number of hydrogen-bond donors (Lipinski definition) is 2. The van der Waals surface area contributed by atoms with Gasteiger partial charge in [-0.1, -0.05) is 6.42 Å². The number of nitrogens with two attached hydrogens (primary N) is 1. The number of piperidine rings is 1. The normalized spacial score (nSPS) is 53.3. The molecule has 2 atom stereocenters. The van der Waals surface area contributed by atoms with E-state index in [0.29, 0.717) is 12.1 Å². The van der Waals surface area contributed by atoms with Crippen molar-refractivity contribution in [1.29, 1.82) is 0 Å². The average molecular weight is 291 g/mol. The highest BCUT2D eigenvalue weighted by molar-refractivity contribution is 5.11. The van der Waals surface area contributed by atoms with Gasteiger partial charge in [0.25, 0.3) is 0 Å². The Labute approximate surface area is 130 Å². The fraction of sp³-hybridized carbons (Fsp3) is 1.00. The van der Waals surface area contributed by atoms with E-state index in [4.69, 9.17) is 5.73 Å². The van der Waals surface area contributed by atoms with Crippen molar-refractivity contribution in [1.82, 2.24) is 10.4 Å². The first-order chi connectivity index (χ1) is 10.1. The van der Waals surface area contributed by atoms with Crippen LogP contribution in [0.15, 0.2) is 0 Å². The zero-order chi connectivity index (χ0) is 14.6. The van der Waals surface area contributed by atoms with E-state index in [-0.39, 0.29) is 5.54 Å². The van der Waals surface area contributed by atoms with Crippen LogP contribution in [-0.4, -0.2) is 29.2 Å². The molecule has 0 aromatic carbocycles. The molecule has 4 bridgehead atoms. The van der Waals surface area contributed by atoms with Gasteiger partial charge in [-0.3, -0.25) is 0 Å². The van der Waals surface area contributed by atoms with Crippen LogP contribution in [0, 0.1) is 23.7 Å². The van der Waals surface area contributed by atoms with Gasteiger partial charge in [0, 0.05) is 18.6 Å². The molecule has 4 aliphatic carbocycles. The van der Waals surface area contributed by atoms with E-state index in [0.717, 1.165) is 30.2 Å². The Bertz CT molecular complexity index is 356. The summed E-state index contributed by atoms with van der Waals surface area (Å²) in [5.41, 5.74) is 10.7. The Morgan fingerprint density at radius 2 is 1.48 bits per heavy atom. The fourth-order valence-electron chi connectivity index (χ4n) is 6.47. The van der Waals surface area contributed by atoms with Crippen molar-refractivity contribution >= 4 is 0 Å². The van der Waals surface area contributed by atoms with Crippen LogP contribution in [0.1, 0.15) is 65.2 Å². The lowest BCUT2D eigenvalue weighted by Gasteiger charge is -2.63. The van der Waals surface area contributed by atoms with Crippen molar-refractivity contribution < 1.29 is 0 Å². The maximum absolute atomic E-state index is 6.41. The van der Waals surface area contributed by atoms with Gasteiger partial charge in [-0.2, -0.15) is 0 Å². The Morgan fingerprint density at radius 1 is 0.952 bits per heavy atom. The molecular weight excluding hydrogens is 258 g/mol. The molecule has 3 N–H and O–H groups in total. The largest absolute Gasteiger partial charge is 0.329 e. The van der Waals surface area contributed by atoms with Crippen LogP contribution in [0.2, 0.25) is 0 Å². The summed E-state index contributed by atoms with van der Waals surface area (Å²) in [6.07, 6.45) is 11.3. The highest BCUT2D eigenvalue weighted by atomic mass is 15.6. The Morgan fingerprint density at radius 3 is 1.95 bits per heavy atom. The van der Waals surface area contributed by atoms with Crippen LogP contribution in [-0.2, 0) is 0 Å². The third kappa shape index (κ3) is 2.19. The van der Waals surface area contributed by atoms with Crippen molar-refractivity contribution in [3.63, 3.8) is 0 Å². The zero-order valence-corrected chi connectivity index (χ0v) is 13.9. The number of hydrazine groups is 1. The molecule has 1 heterocycles. The van der Waals surface area contributed by atoms with Crippen LogP contribution < -0.4 is 11.2 Å². The third-order valence-corrected chi connectivity index (χ3v) is 7.46. The second-order valence-electron chi connectivity index (χ2n) is 8.70. The number of nitrogens with zero attached hydrogens (tertiary/aromatic N) is 1. The summed E-state index contributed by atoms with van der Waals surface area (Å²) >= 11 is 0. The quantitative estimate of drug-likeness (QED) is 0.840. The molecule has 1 saturated heterocycles. The standard InChI is InChI=1S/C18H33N3/c1-12-4-3-5-13(2)21(12)20-18(11-19)16-7-14-6-15(9-16)10-17(18)8-14/h12-17,20H,3-11,19H2,1-2H3. The van der Waals surface area contributed by atoms with Gasteiger partial charge < -0.3 is 5.73 Å². The van der Waals surface area contributed by atoms with E-state index in [1.165, 1.54) is 51.4 Å². The predicted molar refractivity (Wildman–Crippen MR) is 86.6 cm³/mol. The molecule has 2 unspecified atom stereocenters. The van der Waals surface area contributed by atoms with Crippen molar-refractivity contribution in [2.45, 2.75) is 82.8 Å². The second kappa shape index (κ2) is 5.21. The van der Waals surface area contributed by atoms with Crippen LogP contribution in [0.3, 0.4) is 0 Å². The molecule has 21 heavy (non-hydrogen) atoms. The molecule has 0 radical (unpaired) electrons. The minimum absolute atomic E-state index is 0.216. The summed E-state index contributed by atoms with van der Waals surface area (Å²) in [6.45, 7) is 5.61. The minimum Gasteiger partial charge on any atom is -0.329 e. The summed E-state index contributed by atoms with van der Waals surface area (Å²) in [4.78, 5) is 0. The Hall–Kier alpha value is -0.120. The molecule has 120 valence electrons. The summed E-state index contributed by atoms with van der Waals surface area (Å²) in [5.74, 6) is 3.70. The number of hydrogen-bond acceptors (Lipinski definition) is 3. The third-order valence-electron chi connectivity index (χ3n) is 7.46. The number of nitrogens with one attached hydrogen (secondary N) is 1. The molecule has 5 fully saturated rings. The maximum Gasteiger partial charge on any atom is 0.0504 e. The SMILES string of the molecule is CC1CCCC(C)N1NC1(CN)C2CC3CC(C2)CC1C3. The number of rotatable bonds is 3. The van der Waals surface area contributed by atoms with E-state index < -0.39 is 0 Å². The second-order valence-corrected chi connectivity index (χ2v) is 8.70. The molecule has 0 spiro atoms. The zero-order valence-electron chi connectivity index (χ0n) is 13.9. The van der Waals surface area contributed by atoms with Crippen molar-refractivity contribution in [3.05, 3.63) is 0 Å². The lowest BCUT2D eigenvalue weighted by atomic mass is 9.48. The first kappa shape index (κ1) is 14.5. The average Bonchev–Trinajstić information content (AvgIpc) is 2.45. The Kier molecular flexibility index (Phi) is 3.59. The highest BCUT2D eigenvalue weighted by Crippen LogP contribution is 2.58. The van der Waals surface area contributed by atoms with Crippen LogP contribution in [0.25, 0.3) is 0 Å². The monoisotopic (exact) mass is 291 g/mol. The molecular formula is C18H33N3. The van der Waals surface area contributed by atoms with E-state index in [9.17, 15) is 0 Å². The van der Waals surface area contributed by atoms with Crippen molar-refractivity contribution in [3.8, 4) is 0 Å². The van der Waals surface area contributed by atoms with Crippen molar-refractivity contribution in [2.75, 3.05) is 6.54 Å². The van der Waals surface area contributed by atoms with Gasteiger partial charge in [-0.15, -0.1) is 0 Å². The lowest BCUT2D eigenvalue weighted by Crippen LogP contribution is -2.73. The highest BCUT2D eigenvalue weighted by Gasteiger charge is 2.57. The van der Waals surface area contributed by atoms with Gasteiger partial charge in [0.15, 0.2) is 0 Å². The molecule has 5 aliphatic rings. The van der Waals surface area contributed by atoms with Gasteiger partial charge in [0.1, 0.15) is 0 Å². The van der Waals surface area contributed by atoms with E-state index >= 15 is 0 Å². The van der Waals surface area contributed by atoms with Gasteiger partial charge in [-0.25, -0.2) is 10.4 Å². The lowest BCUT2D eigenvalue weighted by molar-refractivity contribution is -0.121.